The molecule has 1 aromatic heterocycles. The van der Waals surface area contributed by atoms with Crippen molar-refractivity contribution in [2.24, 2.45) is 0 Å². The van der Waals surface area contributed by atoms with Gasteiger partial charge in [-0.25, -0.2) is 4.39 Å². The standard InChI is InChI=1S/C19H26FN5O.ClH/c1-24-9-7-21-11-17(24)18-22-19(26-23-18)15-5-3-8-25(13-15)12-14-4-2-6-16(20)10-14;/h2,4,6,10,15,17,21H,3,5,7-9,11-13H2,1H3;1H. The van der Waals surface area contributed by atoms with Crippen molar-refractivity contribution in [1.29, 1.82) is 0 Å². The average molecular weight is 396 g/mol. The summed E-state index contributed by atoms with van der Waals surface area (Å²) < 4.78 is 19.0. The van der Waals surface area contributed by atoms with Gasteiger partial charge in [-0.05, 0) is 44.1 Å². The molecule has 2 saturated heterocycles. The van der Waals surface area contributed by atoms with Gasteiger partial charge in [0.1, 0.15) is 5.82 Å². The Bertz CT molecular complexity index is 742. The molecular weight excluding hydrogens is 369 g/mol. The van der Waals surface area contributed by atoms with Crippen LogP contribution in [0.1, 0.15) is 42.1 Å². The molecule has 2 aliphatic rings. The molecule has 4 rings (SSSR count). The van der Waals surface area contributed by atoms with Gasteiger partial charge in [-0.2, -0.15) is 4.98 Å². The number of nitrogens with one attached hydrogen (secondary N) is 1. The third kappa shape index (κ3) is 4.85. The molecule has 0 bridgehead atoms. The number of likely N-dealkylation sites (N-methyl/N-ethyl adjacent to an activating group) is 1. The second kappa shape index (κ2) is 9.10. The Morgan fingerprint density at radius 3 is 3.04 bits per heavy atom. The summed E-state index contributed by atoms with van der Waals surface area (Å²) in [5.41, 5.74) is 1.01. The summed E-state index contributed by atoms with van der Waals surface area (Å²) in [5.74, 6) is 1.59. The molecule has 0 aliphatic carbocycles. The molecule has 2 aromatic rings. The van der Waals surface area contributed by atoms with Gasteiger partial charge in [0.15, 0.2) is 5.82 Å². The summed E-state index contributed by atoms with van der Waals surface area (Å²) in [7, 11) is 2.10. The third-order valence-corrected chi connectivity index (χ3v) is 5.42. The number of likely N-dealkylation sites (tertiary alicyclic amines) is 1. The molecule has 6 nitrogen and oxygen atoms in total. The molecule has 8 heteroatoms. The summed E-state index contributed by atoms with van der Waals surface area (Å²) in [4.78, 5) is 9.33. The average Bonchev–Trinajstić information content (AvgIpc) is 3.12. The molecule has 2 atom stereocenters. The van der Waals surface area contributed by atoms with E-state index in [4.69, 9.17) is 9.51 Å². The molecular formula is C19H27ClFN5O. The fourth-order valence-electron chi connectivity index (χ4n) is 3.94. The van der Waals surface area contributed by atoms with E-state index in [2.05, 4.69) is 27.3 Å². The van der Waals surface area contributed by atoms with Gasteiger partial charge in [0.05, 0.1) is 12.0 Å². The lowest BCUT2D eigenvalue weighted by Crippen LogP contribution is -2.44. The molecule has 2 fully saturated rings. The molecule has 0 radical (unpaired) electrons. The van der Waals surface area contributed by atoms with Crippen LogP contribution in [0.3, 0.4) is 0 Å². The minimum absolute atomic E-state index is 0. The van der Waals surface area contributed by atoms with Crippen molar-refractivity contribution in [1.82, 2.24) is 25.3 Å². The maximum Gasteiger partial charge on any atom is 0.231 e. The first kappa shape index (κ1) is 20.2. The van der Waals surface area contributed by atoms with E-state index in [-0.39, 0.29) is 30.2 Å². The molecule has 0 spiro atoms. The minimum atomic E-state index is -0.178. The lowest BCUT2D eigenvalue weighted by atomic mass is 9.97. The van der Waals surface area contributed by atoms with Crippen LogP contribution in [0.25, 0.3) is 0 Å². The van der Waals surface area contributed by atoms with Crippen LogP contribution in [-0.4, -0.2) is 59.7 Å². The fraction of sp³-hybridized carbons (Fsp3) is 0.579. The van der Waals surface area contributed by atoms with E-state index in [1.165, 1.54) is 6.07 Å². The molecule has 3 heterocycles. The van der Waals surface area contributed by atoms with Crippen LogP contribution < -0.4 is 5.32 Å². The third-order valence-electron chi connectivity index (χ3n) is 5.42. The smallest absolute Gasteiger partial charge is 0.231 e. The van der Waals surface area contributed by atoms with E-state index < -0.39 is 0 Å². The van der Waals surface area contributed by atoms with Crippen molar-refractivity contribution in [2.45, 2.75) is 31.3 Å². The topological polar surface area (TPSA) is 57.4 Å². The van der Waals surface area contributed by atoms with E-state index in [9.17, 15) is 4.39 Å². The van der Waals surface area contributed by atoms with Gasteiger partial charge in [0.25, 0.3) is 0 Å². The number of benzene rings is 1. The number of hydrogen-bond acceptors (Lipinski definition) is 6. The molecule has 0 saturated carbocycles. The SMILES string of the molecule is CN1CCNCC1c1noc(C2CCCN(Cc3cccc(F)c3)C2)n1.Cl. The monoisotopic (exact) mass is 395 g/mol. The Morgan fingerprint density at radius 1 is 1.33 bits per heavy atom. The van der Waals surface area contributed by atoms with Crippen molar-refractivity contribution < 1.29 is 8.91 Å². The fourth-order valence-corrected chi connectivity index (χ4v) is 3.94. The summed E-state index contributed by atoms with van der Waals surface area (Å²) >= 11 is 0. The van der Waals surface area contributed by atoms with Gasteiger partial charge < -0.3 is 9.84 Å². The van der Waals surface area contributed by atoms with Gasteiger partial charge in [0, 0.05) is 32.7 Å². The minimum Gasteiger partial charge on any atom is -0.339 e. The van der Waals surface area contributed by atoms with Crippen LogP contribution in [0.15, 0.2) is 28.8 Å². The Hall–Kier alpha value is -1.54. The van der Waals surface area contributed by atoms with Gasteiger partial charge in [-0.3, -0.25) is 9.80 Å². The van der Waals surface area contributed by atoms with Crippen molar-refractivity contribution in [2.75, 3.05) is 39.8 Å². The van der Waals surface area contributed by atoms with Gasteiger partial charge >= 0.3 is 0 Å². The van der Waals surface area contributed by atoms with Crippen LogP contribution in [0, 0.1) is 5.82 Å². The quantitative estimate of drug-likeness (QED) is 0.858. The highest BCUT2D eigenvalue weighted by Crippen LogP contribution is 2.28. The molecule has 0 amide bonds. The van der Waals surface area contributed by atoms with Crippen LogP contribution in [-0.2, 0) is 6.54 Å². The first-order chi connectivity index (χ1) is 12.7. The Morgan fingerprint density at radius 2 is 2.22 bits per heavy atom. The maximum atomic E-state index is 13.4. The zero-order chi connectivity index (χ0) is 17.9. The largest absolute Gasteiger partial charge is 0.339 e. The predicted molar refractivity (Wildman–Crippen MR) is 103 cm³/mol. The van der Waals surface area contributed by atoms with Crippen molar-refractivity contribution in [3.8, 4) is 0 Å². The molecule has 2 aliphatic heterocycles. The summed E-state index contributed by atoms with van der Waals surface area (Å²) in [6.07, 6.45) is 2.14. The van der Waals surface area contributed by atoms with E-state index in [0.717, 1.165) is 69.4 Å². The van der Waals surface area contributed by atoms with Crippen molar-refractivity contribution in [3.63, 3.8) is 0 Å². The highest BCUT2D eigenvalue weighted by molar-refractivity contribution is 5.85. The first-order valence-electron chi connectivity index (χ1n) is 9.40. The number of aromatic nitrogens is 2. The predicted octanol–water partition coefficient (Wildman–Crippen LogP) is 2.59. The normalized spacial score (nSPS) is 24.5. The van der Waals surface area contributed by atoms with Crippen molar-refractivity contribution >= 4 is 12.4 Å². The van der Waals surface area contributed by atoms with E-state index in [1.807, 2.05) is 6.07 Å². The number of piperazine rings is 1. The Balaban J connectivity index is 0.00000210. The molecule has 1 N–H and O–H groups in total. The summed E-state index contributed by atoms with van der Waals surface area (Å²) in [5, 5.41) is 7.64. The number of piperidine rings is 1. The molecule has 1 aromatic carbocycles. The molecule has 2 unspecified atom stereocenters. The molecule has 148 valence electrons. The Kier molecular flexibility index (Phi) is 6.81. The van der Waals surface area contributed by atoms with E-state index >= 15 is 0 Å². The zero-order valence-corrected chi connectivity index (χ0v) is 16.4. The molecule has 27 heavy (non-hydrogen) atoms. The van der Waals surface area contributed by atoms with Crippen molar-refractivity contribution in [3.05, 3.63) is 47.4 Å². The second-order valence-corrected chi connectivity index (χ2v) is 7.40. The van der Waals surface area contributed by atoms with Gasteiger partial charge in [-0.1, -0.05) is 17.3 Å². The Labute approximate surface area is 165 Å². The van der Waals surface area contributed by atoms with Gasteiger partial charge in [-0.15, -0.1) is 12.4 Å². The van der Waals surface area contributed by atoms with Crippen LogP contribution in [0.2, 0.25) is 0 Å². The summed E-state index contributed by atoms with van der Waals surface area (Å²) in [6, 6.07) is 7.02. The number of rotatable bonds is 4. The van der Waals surface area contributed by atoms with Crippen LogP contribution >= 0.6 is 12.4 Å². The lowest BCUT2D eigenvalue weighted by Gasteiger charge is -2.31. The second-order valence-electron chi connectivity index (χ2n) is 7.40. The van der Waals surface area contributed by atoms with E-state index in [1.54, 1.807) is 12.1 Å². The number of nitrogens with zero attached hydrogens (tertiary/aromatic N) is 4. The highest BCUT2D eigenvalue weighted by Gasteiger charge is 2.29. The zero-order valence-electron chi connectivity index (χ0n) is 15.6. The maximum absolute atomic E-state index is 13.4. The van der Waals surface area contributed by atoms with Crippen LogP contribution in [0.4, 0.5) is 4.39 Å². The van der Waals surface area contributed by atoms with Gasteiger partial charge in [0.2, 0.25) is 5.89 Å². The summed E-state index contributed by atoms with van der Waals surface area (Å²) in [6.45, 7) is 5.48. The number of hydrogen-bond donors (Lipinski definition) is 1. The first-order valence-corrected chi connectivity index (χ1v) is 9.40. The lowest BCUT2D eigenvalue weighted by molar-refractivity contribution is 0.178. The number of halogens is 2. The van der Waals surface area contributed by atoms with E-state index in [0.29, 0.717) is 0 Å². The highest BCUT2D eigenvalue weighted by atomic mass is 35.5. The van der Waals surface area contributed by atoms with Crippen LogP contribution in [0.5, 0.6) is 0 Å².